The lowest BCUT2D eigenvalue weighted by Gasteiger charge is -2.16. The molecule has 5 heteroatoms. The lowest BCUT2D eigenvalue weighted by molar-refractivity contribution is -0.120. The number of carbonyl (C=O) groups is 1. The Hall–Kier alpha value is -2.37. The highest BCUT2D eigenvalue weighted by Gasteiger charge is 2.17. The molecule has 0 aromatic heterocycles. The van der Waals surface area contributed by atoms with Crippen molar-refractivity contribution in [3.8, 4) is 5.75 Å². The topological polar surface area (TPSA) is 73.6 Å². The van der Waals surface area contributed by atoms with Gasteiger partial charge in [0.1, 0.15) is 18.4 Å². The number of benzene rings is 2. The first kappa shape index (κ1) is 17.5. The molecular formula is C20H24N2O3. The summed E-state index contributed by atoms with van der Waals surface area (Å²) in [6, 6.07) is 16.8. The zero-order valence-electron chi connectivity index (χ0n) is 14.2. The van der Waals surface area contributed by atoms with Gasteiger partial charge in [-0.25, -0.2) is 0 Å². The van der Waals surface area contributed by atoms with Gasteiger partial charge in [-0.1, -0.05) is 42.5 Å². The molecule has 3 rings (SSSR count). The molecule has 0 bridgehead atoms. The quantitative estimate of drug-likeness (QED) is 0.774. The van der Waals surface area contributed by atoms with Crippen molar-refractivity contribution in [3.05, 3.63) is 65.7 Å². The van der Waals surface area contributed by atoms with Gasteiger partial charge in [-0.2, -0.15) is 0 Å². The van der Waals surface area contributed by atoms with Crippen LogP contribution >= 0.6 is 0 Å². The summed E-state index contributed by atoms with van der Waals surface area (Å²) in [5, 5.41) is 3.22. The molecule has 0 saturated carbocycles. The Labute approximate surface area is 148 Å². The molecule has 1 saturated heterocycles. The van der Waals surface area contributed by atoms with E-state index in [0.29, 0.717) is 13.2 Å². The van der Waals surface area contributed by atoms with E-state index < -0.39 is 11.9 Å². The van der Waals surface area contributed by atoms with Crippen LogP contribution in [0.3, 0.4) is 0 Å². The SMILES string of the molecule is NC(=O)[C@H](NCc1cccc(OC[C@H]2CCCO2)c1)c1ccccc1. The first-order valence-electron chi connectivity index (χ1n) is 8.63. The minimum absolute atomic E-state index is 0.194. The molecule has 1 aliphatic rings. The summed E-state index contributed by atoms with van der Waals surface area (Å²) in [4.78, 5) is 11.8. The number of rotatable bonds is 8. The summed E-state index contributed by atoms with van der Waals surface area (Å²) in [6.45, 7) is 1.93. The van der Waals surface area contributed by atoms with Gasteiger partial charge in [0.2, 0.25) is 5.91 Å². The number of ether oxygens (including phenoxy) is 2. The van der Waals surface area contributed by atoms with Crippen LogP contribution in [0.5, 0.6) is 5.75 Å². The van der Waals surface area contributed by atoms with Crippen LogP contribution in [0.2, 0.25) is 0 Å². The van der Waals surface area contributed by atoms with Crippen LogP contribution in [0.4, 0.5) is 0 Å². The van der Waals surface area contributed by atoms with Crippen molar-refractivity contribution in [3.63, 3.8) is 0 Å². The standard InChI is InChI=1S/C20H24N2O3/c21-20(23)19(16-7-2-1-3-8-16)22-13-15-6-4-9-17(12-15)25-14-18-10-5-11-24-18/h1-4,6-9,12,18-19,22H,5,10-11,13-14H2,(H2,21,23)/t18-,19-/m1/s1. The Bertz CT molecular complexity index is 684. The summed E-state index contributed by atoms with van der Waals surface area (Å²) >= 11 is 0. The number of primary amides is 1. The molecule has 1 aliphatic heterocycles. The van der Waals surface area contributed by atoms with Crippen molar-refractivity contribution in [2.24, 2.45) is 5.73 Å². The fraction of sp³-hybridized carbons (Fsp3) is 0.350. The van der Waals surface area contributed by atoms with Crippen LogP contribution in [-0.2, 0) is 16.1 Å². The molecule has 2 atom stereocenters. The average Bonchev–Trinajstić information content (AvgIpc) is 3.15. The molecule has 2 aromatic rings. The van der Waals surface area contributed by atoms with Gasteiger partial charge in [-0.05, 0) is 36.1 Å². The summed E-state index contributed by atoms with van der Waals surface area (Å²) < 4.78 is 11.4. The van der Waals surface area contributed by atoms with E-state index >= 15 is 0 Å². The van der Waals surface area contributed by atoms with Crippen LogP contribution in [0.25, 0.3) is 0 Å². The molecule has 0 spiro atoms. The highest BCUT2D eigenvalue weighted by atomic mass is 16.5. The van der Waals surface area contributed by atoms with E-state index in [1.165, 1.54) is 0 Å². The third kappa shape index (κ3) is 5.05. The van der Waals surface area contributed by atoms with Crippen LogP contribution in [0.1, 0.15) is 30.0 Å². The molecule has 25 heavy (non-hydrogen) atoms. The zero-order chi connectivity index (χ0) is 17.5. The molecule has 0 unspecified atom stereocenters. The first-order valence-corrected chi connectivity index (χ1v) is 8.63. The van der Waals surface area contributed by atoms with Gasteiger partial charge >= 0.3 is 0 Å². The molecule has 5 nitrogen and oxygen atoms in total. The minimum Gasteiger partial charge on any atom is -0.491 e. The third-order valence-electron chi connectivity index (χ3n) is 4.29. The molecule has 1 amide bonds. The second-order valence-electron chi connectivity index (χ2n) is 6.22. The van der Waals surface area contributed by atoms with Gasteiger partial charge in [0.25, 0.3) is 0 Å². The second-order valence-corrected chi connectivity index (χ2v) is 6.22. The lowest BCUT2D eigenvalue weighted by Crippen LogP contribution is -2.33. The number of nitrogens with one attached hydrogen (secondary N) is 1. The summed E-state index contributed by atoms with van der Waals surface area (Å²) in [7, 11) is 0. The highest BCUT2D eigenvalue weighted by Crippen LogP contribution is 2.18. The van der Waals surface area contributed by atoms with Gasteiger partial charge < -0.3 is 15.2 Å². The number of amides is 1. The fourth-order valence-electron chi connectivity index (χ4n) is 2.96. The first-order chi connectivity index (χ1) is 12.2. The maximum atomic E-state index is 11.8. The zero-order valence-corrected chi connectivity index (χ0v) is 14.2. The van der Waals surface area contributed by atoms with E-state index in [1.54, 1.807) is 0 Å². The van der Waals surface area contributed by atoms with Gasteiger partial charge in [-0.15, -0.1) is 0 Å². The molecule has 0 aliphatic carbocycles. The Morgan fingerprint density at radius 2 is 2.08 bits per heavy atom. The third-order valence-corrected chi connectivity index (χ3v) is 4.29. The summed E-state index contributed by atoms with van der Waals surface area (Å²) in [6.07, 6.45) is 2.35. The Morgan fingerprint density at radius 3 is 2.80 bits per heavy atom. The molecular weight excluding hydrogens is 316 g/mol. The van der Waals surface area contributed by atoms with Crippen molar-refractivity contribution >= 4 is 5.91 Å². The fourth-order valence-corrected chi connectivity index (χ4v) is 2.96. The highest BCUT2D eigenvalue weighted by molar-refractivity contribution is 5.81. The Balaban J connectivity index is 1.58. The second kappa shape index (κ2) is 8.65. The van der Waals surface area contributed by atoms with Crippen LogP contribution < -0.4 is 15.8 Å². The van der Waals surface area contributed by atoms with Gasteiger partial charge in [0.15, 0.2) is 0 Å². The lowest BCUT2D eigenvalue weighted by atomic mass is 10.1. The molecule has 1 fully saturated rings. The largest absolute Gasteiger partial charge is 0.491 e. The molecule has 3 N–H and O–H groups in total. The maximum Gasteiger partial charge on any atom is 0.239 e. The maximum absolute atomic E-state index is 11.8. The number of hydrogen-bond acceptors (Lipinski definition) is 4. The number of hydrogen-bond donors (Lipinski definition) is 2. The van der Waals surface area contributed by atoms with E-state index in [2.05, 4.69) is 5.32 Å². The van der Waals surface area contributed by atoms with E-state index in [4.69, 9.17) is 15.2 Å². The van der Waals surface area contributed by atoms with Crippen LogP contribution in [-0.4, -0.2) is 25.2 Å². The van der Waals surface area contributed by atoms with Gasteiger partial charge in [0.05, 0.1) is 6.10 Å². The molecule has 1 heterocycles. The summed E-state index contributed by atoms with van der Waals surface area (Å²) in [5.41, 5.74) is 7.44. The van der Waals surface area contributed by atoms with E-state index in [0.717, 1.165) is 36.3 Å². The van der Waals surface area contributed by atoms with Gasteiger partial charge in [0, 0.05) is 13.2 Å². The summed E-state index contributed by atoms with van der Waals surface area (Å²) in [5.74, 6) is 0.419. The normalized spacial score (nSPS) is 18.0. The number of nitrogens with two attached hydrogens (primary N) is 1. The van der Waals surface area contributed by atoms with E-state index in [9.17, 15) is 4.79 Å². The Kier molecular flexibility index (Phi) is 6.04. The van der Waals surface area contributed by atoms with Crippen molar-refractivity contribution < 1.29 is 14.3 Å². The van der Waals surface area contributed by atoms with E-state index in [1.807, 2.05) is 54.6 Å². The van der Waals surface area contributed by atoms with Crippen molar-refractivity contribution in [1.82, 2.24) is 5.32 Å². The van der Waals surface area contributed by atoms with Crippen LogP contribution in [0, 0.1) is 0 Å². The van der Waals surface area contributed by atoms with Crippen LogP contribution in [0.15, 0.2) is 54.6 Å². The average molecular weight is 340 g/mol. The molecule has 132 valence electrons. The Morgan fingerprint density at radius 1 is 1.24 bits per heavy atom. The van der Waals surface area contributed by atoms with Gasteiger partial charge in [-0.3, -0.25) is 10.1 Å². The van der Waals surface area contributed by atoms with Crippen molar-refractivity contribution in [2.75, 3.05) is 13.2 Å². The minimum atomic E-state index is -0.516. The predicted octanol–water partition coefficient (Wildman–Crippen LogP) is 2.56. The van der Waals surface area contributed by atoms with Crippen molar-refractivity contribution in [1.29, 1.82) is 0 Å². The van der Waals surface area contributed by atoms with E-state index in [-0.39, 0.29) is 6.10 Å². The molecule has 2 aromatic carbocycles. The monoisotopic (exact) mass is 340 g/mol. The number of carbonyl (C=O) groups excluding carboxylic acids is 1. The van der Waals surface area contributed by atoms with Crippen molar-refractivity contribution in [2.45, 2.75) is 31.5 Å². The predicted molar refractivity (Wildman–Crippen MR) is 96.1 cm³/mol. The molecule has 0 radical (unpaired) electrons. The smallest absolute Gasteiger partial charge is 0.239 e.